The van der Waals surface area contributed by atoms with Crippen LogP contribution in [-0.2, 0) is 16.0 Å². The third-order valence-electron chi connectivity index (χ3n) is 9.38. The van der Waals surface area contributed by atoms with Gasteiger partial charge in [-0.15, -0.1) is 11.8 Å². The summed E-state index contributed by atoms with van der Waals surface area (Å²) < 4.78 is 23.3. The number of thioether (sulfide) groups is 1. The van der Waals surface area contributed by atoms with Gasteiger partial charge in [0.15, 0.2) is 23.0 Å². The molecule has 0 amide bonds. The number of phenols is 2. The van der Waals surface area contributed by atoms with E-state index in [0.717, 1.165) is 11.1 Å². The van der Waals surface area contributed by atoms with E-state index in [9.17, 15) is 20.3 Å². The second kappa shape index (κ2) is 9.06. The number of nitrogens with two attached hydrogens (primary N) is 1. The molecular weight excluding hydrogens is 548 g/mol. The van der Waals surface area contributed by atoms with Crippen LogP contribution < -0.4 is 19.9 Å². The molecule has 2 saturated heterocycles. The third kappa shape index (κ3) is 3.40. The Morgan fingerprint density at radius 2 is 1.93 bits per heavy atom. The van der Waals surface area contributed by atoms with Gasteiger partial charge in [0.25, 0.3) is 0 Å². The third-order valence-corrected chi connectivity index (χ3v) is 10.8. The van der Waals surface area contributed by atoms with Crippen molar-refractivity contribution in [2.45, 2.75) is 55.2 Å². The van der Waals surface area contributed by atoms with Crippen LogP contribution in [0.2, 0.25) is 0 Å². The Bertz CT molecular complexity index is 1540. The molecule has 4 N–H and O–H groups in total. The van der Waals surface area contributed by atoms with Gasteiger partial charge in [0.1, 0.15) is 23.9 Å². The highest BCUT2D eigenvalue weighted by atomic mass is 32.2. The number of fused-ring (bicyclic) bond motifs is 6. The minimum Gasteiger partial charge on any atom is -0.507 e. The van der Waals surface area contributed by atoms with E-state index in [4.69, 9.17) is 24.7 Å². The Morgan fingerprint density at radius 3 is 2.66 bits per heavy atom. The summed E-state index contributed by atoms with van der Waals surface area (Å²) in [5.74, 6) is 1.22. The number of aromatic hydroxyl groups is 2. The monoisotopic (exact) mass is 580 g/mol. The number of likely N-dealkylation sites (N-methyl/N-ethyl adjacent to an activating group) is 1. The summed E-state index contributed by atoms with van der Waals surface area (Å²) in [5, 5.41) is 34.0. The number of rotatable bonds is 1. The predicted molar refractivity (Wildman–Crippen MR) is 148 cm³/mol. The molecule has 8 rings (SSSR count). The number of methoxy groups -OCH3 is 1. The number of nitriles is 1. The van der Waals surface area contributed by atoms with Gasteiger partial charge in [-0.1, -0.05) is 6.07 Å². The summed E-state index contributed by atoms with van der Waals surface area (Å²) in [4.78, 5) is 17.2. The molecule has 0 radical (unpaired) electrons. The molecule has 6 aliphatic heterocycles. The number of hydrogen-bond donors (Lipinski definition) is 3. The van der Waals surface area contributed by atoms with Crippen molar-refractivity contribution >= 4 is 17.7 Å². The number of hydrogen-bond acceptors (Lipinski definition) is 12. The Hall–Kier alpha value is -3.37. The van der Waals surface area contributed by atoms with Gasteiger partial charge in [0, 0.05) is 47.0 Å². The fourth-order valence-electron chi connectivity index (χ4n) is 7.83. The number of piperazine rings is 1. The Balaban J connectivity index is 1.57. The van der Waals surface area contributed by atoms with Gasteiger partial charge in [0.2, 0.25) is 6.79 Å². The van der Waals surface area contributed by atoms with E-state index in [1.54, 1.807) is 6.92 Å². The number of phenolic OH excluding ortho intramolecular Hbond substituents is 2. The van der Waals surface area contributed by atoms with Crippen LogP contribution in [0.3, 0.4) is 0 Å². The fraction of sp³-hybridized carbons (Fsp3) is 0.517. The molecule has 6 heterocycles. The molecule has 7 atom stereocenters. The molecule has 6 aliphatic rings. The van der Waals surface area contributed by atoms with Crippen LogP contribution in [-0.4, -0.2) is 83.5 Å². The smallest absolute Gasteiger partial charge is 0.323 e. The zero-order chi connectivity index (χ0) is 29.0. The number of carbonyl (C=O) groups is 1. The van der Waals surface area contributed by atoms with Crippen molar-refractivity contribution in [2.24, 2.45) is 5.73 Å². The summed E-state index contributed by atoms with van der Waals surface area (Å²) >= 11 is 1.45. The molecule has 4 bridgehead atoms. The molecule has 2 fully saturated rings. The maximum atomic E-state index is 12.9. The Kier molecular flexibility index (Phi) is 5.86. The standard InChI is InChI=1S/C29H32N4O7S/c1-12-5-14-6-29(9-30)10-32(3)20(17(14)23(35)24(12)37-4)21-27-19-18(26-25(39-11-40-26)13(2)22(19)34)16(33(21)29)7-38-28(36)15(31)8-41-27/h5,15-16,20-21,27,34-35H,6-8,10-11,31H2,1-4H3/t15-,16-,20+,21?,27+,29+/m0/s1. The molecule has 11 nitrogen and oxygen atoms in total. The van der Waals surface area contributed by atoms with Gasteiger partial charge in [-0.3, -0.25) is 14.6 Å². The second-order valence-corrected chi connectivity index (χ2v) is 12.8. The number of esters is 1. The van der Waals surface area contributed by atoms with E-state index in [1.165, 1.54) is 18.9 Å². The lowest BCUT2D eigenvalue weighted by Crippen LogP contribution is -2.69. The lowest BCUT2D eigenvalue weighted by atomic mass is 9.76. The van der Waals surface area contributed by atoms with Crippen molar-refractivity contribution in [3.63, 3.8) is 0 Å². The van der Waals surface area contributed by atoms with Gasteiger partial charge in [-0.25, -0.2) is 0 Å². The molecule has 0 spiro atoms. The predicted octanol–water partition coefficient (Wildman–Crippen LogP) is 2.34. The first-order valence-corrected chi connectivity index (χ1v) is 14.7. The number of aryl methyl sites for hydroxylation is 1. The molecule has 0 saturated carbocycles. The van der Waals surface area contributed by atoms with Crippen molar-refractivity contribution in [3.8, 4) is 34.8 Å². The van der Waals surface area contributed by atoms with E-state index >= 15 is 0 Å². The lowest BCUT2D eigenvalue weighted by Gasteiger charge is -2.60. The topological polar surface area (TPSA) is 151 Å². The first kappa shape index (κ1) is 26.5. The highest BCUT2D eigenvalue weighted by Gasteiger charge is 2.63. The fourth-order valence-corrected chi connectivity index (χ4v) is 9.26. The molecular formula is C29H32N4O7S. The Morgan fingerprint density at radius 1 is 1.17 bits per heavy atom. The molecule has 0 aromatic heterocycles. The van der Waals surface area contributed by atoms with E-state index < -0.39 is 34.9 Å². The highest BCUT2D eigenvalue weighted by molar-refractivity contribution is 7.99. The molecule has 2 aromatic rings. The van der Waals surface area contributed by atoms with E-state index in [2.05, 4.69) is 15.9 Å². The zero-order valence-electron chi connectivity index (χ0n) is 23.3. The van der Waals surface area contributed by atoms with E-state index in [-0.39, 0.29) is 36.7 Å². The lowest BCUT2D eigenvalue weighted by molar-refractivity contribution is -0.151. The van der Waals surface area contributed by atoms with Crippen LogP contribution >= 0.6 is 11.8 Å². The van der Waals surface area contributed by atoms with Crippen LogP contribution in [0.25, 0.3) is 0 Å². The van der Waals surface area contributed by atoms with Gasteiger partial charge in [-0.05, 0) is 32.0 Å². The number of nitrogens with zero attached hydrogens (tertiary/aromatic N) is 3. The summed E-state index contributed by atoms with van der Waals surface area (Å²) in [5.41, 5.74) is 9.45. The first-order valence-electron chi connectivity index (χ1n) is 13.6. The minimum atomic E-state index is -1.06. The van der Waals surface area contributed by atoms with Gasteiger partial charge < -0.3 is 34.9 Å². The van der Waals surface area contributed by atoms with Crippen LogP contribution in [0, 0.1) is 25.2 Å². The van der Waals surface area contributed by atoms with Crippen molar-refractivity contribution in [1.29, 1.82) is 5.26 Å². The van der Waals surface area contributed by atoms with Crippen LogP contribution in [0.5, 0.6) is 28.7 Å². The highest BCUT2D eigenvalue weighted by Crippen LogP contribution is 2.64. The number of benzene rings is 2. The average Bonchev–Trinajstić information content (AvgIpc) is 3.35. The van der Waals surface area contributed by atoms with Crippen LogP contribution in [0.4, 0.5) is 0 Å². The number of carbonyl (C=O) groups excluding carboxylic acids is 1. The first-order chi connectivity index (χ1) is 19.6. The average molecular weight is 581 g/mol. The van der Waals surface area contributed by atoms with Crippen molar-refractivity contribution < 1.29 is 34.0 Å². The van der Waals surface area contributed by atoms with Crippen LogP contribution in [0.1, 0.15) is 50.7 Å². The summed E-state index contributed by atoms with van der Waals surface area (Å²) in [7, 11) is 3.50. The molecule has 12 heteroatoms. The van der Waals surface area contributed by atoms with E-state index in [0.29, 0.717) is 52.5 Å². The van der Waals surface area contributed by atoms with Gasteiger partial charge >= 0.3 is 5.97 Å². The number of cyclic esters (lactones) is 1. The normalized spacial score (nSPS) is 33.2. The van der Waals surface area contributed by atoms with Crippen LogP contribution in [0.15, 0.2) is 6.07 Å². The minimum absolute atomic E-state index is 0.00216. The van der Waals surface area contributed by atoms with Gasteiger partial charge in [-0.2, -0.15) is 5.26 Å². The second-order valence-electron chi connectivity index (χ2n) is 11.6. The molecule has 0 aliphatic carbocycles. The molecule has 216 valence electrons. The largest absolute Gasteiger partial charge is 0.507 e. The maximum Gasteiger partial charge on any atom is 0.323 e. The number of ether oxygens (including phenoxy) is 4. The molecule has 2 aromatic carbocycles. The maximum absolute atomic E-state index is 12.9. The zero-order valence-corrected chi connectivity index (χ0v) is 24.1. The summed E-state index contributed by atoms with van der Waals surface area (Å²) in [6.07, 6.45) is 0.336. The van der Waals surface area contributed by atoms with Crippen molar-refractivity contribution in [3.05, 3.63) is 39.4 Å². The molecule has 2 unspecified atom stereocenters. The molecule has 41 heavy (non-hydrogen) atoms. The van der Waals surface area contributed by atoms with E-state index in [1.807, 2.05) is 20.0 Å². The van der Waals surface area contributed by atoms with Gasteiger partial charge in [0.05, 0.1) is 30.5 Å². The SMILES string of the molecule is COc1c(C)cc2c(c1O)[C@@H]1C3[C@@H]4SC[C@H](N)C(=O)OC[C@@H](c5c6c(c(C)c(O)c54)OCO6)N3[C@@](C#N)(C2)CN1C. The summed E-state index contributed by atoms with van der Waals surface area (Å²) in [6.45, 7) is 3.97. The summed E-state index contributed by atoms with van der Waals surface area (Å²) in [6, 6.07) is 2.37. The van der Waals surface area contributed by atoms with Crippen molar-refractivity contribution in [1.82, 2.24) is 9.80 Å². The van der Waals surface area contributed by atoms with Crippen molar-refractivity contribution in [2.75, 3.05) is 39.9 Å². The quantitative estimate of drug-likeness (QED) is 0.425. The Labute approximate surface area is 241 Å².